The SMILES string of the molecule is CC1CCCN(C(N)=NCC(c2cccc(F)c2)N2CCOCC2)C1.I. The summed E-state index contributed by atoms with van der Waals surface area (Å²) < 4.78 is 19.2. The van der Waals surface area contributed by atoms with Crippen LogP contribution in [-0.2, 0) is 4.74 Å². The van der Waals surface area contributed by atoms with Gasteiger partial charge in [0.05, 0.1) is 25.8 Å². The molecule has 2 aliphatic heterocycles. The maximum absolute atomic E-state index is 13.7. The van der Waals surface area contributed by atoms with Crippen LogP contribution < -0.4 is 5.73 Å². The topological polar surface area (TPSA) is 54.1 Å². The van der Waals surface area contributed by atoms with Crippen molar-refractivity contribution in [1.29, 1.82) is 0 Å². The minimum atomic E-state index is -0.211. The molecule has 2 saturated heterocycles. The van der Waals surface area contributed by atoms with Gasteiger partial charge in [0.1, 0.15) is 5.82 Å². The Bertz CT molecular complexity index is 595. The molecule has 2 unspecified atom stereocenters. The van der Waals surface area contributed by atoms with E-state index in [4.69, 9.17) is 10.5 Å². The number of rotatable bonds is 4. The number of hydrogen-bond donors (Lipinski definition) is 1. The fourth-order valence-electron chi connectivity index (χ4n) is 3.71. The summed E-state index contributed by atoms with van der Waals surface area (Å²) in [6, 6.07) is 6.84. The van der Waals surface area contributed by atoms with E-state index in [1.165, 1.54) is 12.5 Å². The number of aliphatic imine (C=N–C) groups is 1. The third-order valence-corrected chi connectivity index (χ3v) is 5.13. The Labute approximate surface area is 172 Å². The number of nitrogens with two attached hydrogens (primary N) is 1. The third-order valence-electron chi connectivity index (χ3n) is 5.13. The highest BCUT2D eigenvalue weighted by atomic mass is 127. The molecule has 146 valence electrons. The molecular weight excluding hydrogens is 446 g/mol. The Balaban J connectivity index is 0.00000243. The highest BCUT2D eigenvalue weighted by molar-refractivity contribution is 14.0. The Morgan fingerprint density at radius 1 is 1.35 bits per heavy atom. The summed E-state index contributed by atoms with van der Waals surface area (Å²) in [5.41, 5.74) is 7.20. The van der Waals surface area contributed by atoms with Crippen LogP contribution in [0, 0.1) is 11.7 Å². The molecule has 3 rings (SSSR count). The molecule has 2 fully saturated rings. The van der Waals surface area contributed by atoms with Crippen LogP contribution >= 0.6 is 24.0 Å². The molecule has 0 amide bonds. The number of likely N-dealkylation sites (tertiary alicyclic amines) is 1. The van der Waals surface area contributed by atoms with Crippen molar-refractivity contribution in [3.8, 4) is 0 Å². The van der Waals surface area contributed by atoms with Crippen LogP contribution in [0.1, 0.15) is 31.4 Å². The maximum atomic E-state index is 13.7. The van der Waals surface area contributed by atoms with Gasteiger partial charge in [-0.05, 0) is 36.5 Å². The van der Waals surface area contributed by atoms with E-state index in [1.54, 1.807) is 12.1 Å². The van der Waals surface area contributed by atoms with Crippen molar-refractivity contribution in [2.24, 2.45) is 16.6 Å². The van der Waals surface area contributed by atoms with Crippen molar-refractivity contribution >= 4 is 29.9 Å². The molecule has 2 aliphatic rings. The minimum Gasteiger partial charge on any atom is -0.379 e. The number of benzene rings is 1. The standard InChI is InChI=1S/C19H29FN4O.HI/c1-15-4-3-7-24(14-15)19(21)22-13-18(23-8-10-25-11-9-23)16-5-2-6-17(20)12-16;/h2,5-6,12,15,18H,3-4,7-11,13-14H2,1H3,(H2,21,22);1H. The number of hydrogen-bond acceptors (Lipinski definition) is 3. The fourth-order valence-corrected chi connectivity index (χ4v) is 3.71. The van der Waals surface area contributed by atoms with Crippen LogP contribution in [0.5, 0.6) is 0 Å². The summed E-state index contributed by atoms with van der Waals surface area (Å²) in [7, 11) is 0. The molecule has 0 bridgehead atoms. The number of ether oxygens (including phenoxy) is 1. The van der Waals surface area contributed by atoms with Crippen LogP contribution in [0.2, 0.25) is 0 Å². The van der Waals surface area contributed by atoms with Gasteiger partial charge in [-0.15, -0.1) is 24.0 Å². The molecule has 2 atom stereocenters. The summed E-state index contributed by atoms with van der Waals surface area (Å²) in [6.45, 7) is 7.81. The molecule has 2 N–H and O–H groups in total. The predicted molar refractivity (Wildman–Crippen MR) is 113 cm³/mol. The number of piperidine rings is 1. The molecule has 0 aliphatic carbocycles. The lowest BCUT2D eigenvalue weighted by Gasteiger charge is -2.35. The fraction of sp³-hybridized carbons (Fsp3) is 0.632. The molecule has 1 aromatic rings. The second-order valence-corrected chi connectivity index (χ2v) is 7.11. The van der Waals surface area contributed by atoms with Crippen molar-refractivity contribution in [2.75, 3.05) is 45.9 Å². The van der Waals surface area contributed by atoms with Crippen LogP contribution in [-0.4, -0.2) is 61.7 Å². The Morgan fingerprint density at radius 2 is 2.12 bits per heavy atom. The third kappa shape index (κ3) is 5.79. The van der Waals surface area contributed by atoms with Crippen LogP contribution in [0.3, 0.4) is 0 Å². The zero-order valence-corrected chi connectivity index (χ0v) is 17.8. The molecule has 0 saturated carbocycles. The lowest BCUT2D eigenvalue weighted by atomic mass is 10.0. The van der Waals surface area contributed by atoms with Crippen LogP contribution in [0.15, 0.2) is 29.3 Å². The number of morpholine rings is 1. The highest BCUT2D eigenvalue weighted by Crippen LogP contribution is 2.23. The van der Waals surface area contributed by atoms with Crippen molar-refractivity contribution in [3.63, 3.8) is 0 Å². The first-order valence-electron chi connectivity index (χ1n) is 9.25. The zero-order chi connectivity index (χ0) is 17.6. The average molecular weight is 476 g/mol. The van der Waals surface area contributed by atoms with E-state index in [0.717, 1.165) is 38.2 Å². The molecule has 1 aromatic carbocycles. The van der Waals surface area contributed by atoms with Crippen molar-refractivity contribution < 1.29 is 9.13 Å². The first-order valence-corrected chi connectivity index (χ1v) is 9.25. The summed E-state index contributed by atoms with van der Waals surface area (Å²) >= 11 is 0. The maximum Gasteiger partial charge on any atom is 0.191 e. The summed E-state index contributed by atoms with van der Waals surface area (Å²) in [5.74, 6) is 1.06. The minimum absolute atomic E-state index is 0. The molecule has 2 heterocycles. The second kappa shape index (κ2) is 10.4. The first-order chi connectivity index (χ1) is 12.1. The first kappa shape index (κ1) is 21.4. The van der Waals surface area contributed by atoms with Gasteiger partial charge in [-0.1, -0.05) is 19.1 Å². The number of guanidine groups is 1. The molecule has 0 spiro atoms. The molecule has 5 nitrogen and oxygen atoms in total. The van der Waals surface area contributed by atoms with Crippen molar-refractivity contribution in [2.45, 2.75) is 25.8 Å². The van der Waals surface area contributed by atoms with Crippen molar-refractivity contribution in [3.05, 3.63) is 35.6 Å². The van der Waals surface area contributed by atoms with Gasteiger partial charge in [-0.2, -0.15) is 0 Å². The van der Waals surface area contributed by atoms with E-state index in [0.29, 0.717) is 31.6 Å². The van der Waals surface area contributed by atoms with E-state index in [2.05, 4.69) is 21.7 Å². The van der Waals surface area contributed by atoms with Gasteiger partial charge >= 0.3 is 0 Å². The van der Waals surface area contributed by atoms with E-state index in [1.807, 2.05) is 6.07 Å². The number of halogens is 2. The van der Waals surface area contributed by atoms with Gasteiger partial charge in [-0.3, -0.25) is 9.89 Å². The Kier molecular flexibility index (Phi) is 8.56. The van der Waals surface area contributed by atoms with Crippen molar-refractivity contribution in [1.82, 2.24) is 9.80 Å². The quantitative estimate of drug-likeness (QED) is 0.413. The van der Waals surface area contributed by atoms with E-state index < -0.39 is 0 Å². The normalized spacial score (nSPS) is 23.4. The summed E-state index contributed by atoms with van der Waals surface area (Å²) in [6.07, 6.45) is 2.41. The predicted octanol–water partition coefficient (Wildman–Crippen LogP) is 2.86. The summed E-state index contributed by atoms with van der Waals surface area (Å²) in [5, 5.41) is 0. The largest absolute Gasteiger partial charge is 0.379 e. The van der Waals surface area contributed by atoms with Gasteiger partial charge < -0.3 is 15.4 Å². The second-order valence-electron chi connectivity index (χ2n) is 7.11. The van der Waals surface area contributed by atoms with E-state index in [-0.39, 0.29) is 35.8 Å². The lowest BCUT2D eigenvalue weighted by molar-refractivity contribution is 0.0179. The van der Waals surface area contributed by atoms with E-state index in [9.17, 15) is 4.39 Å². The van der Waals surface area contributed by atoms with Gasteiger partial charge in [-0.25, -0.2) is 4.39 Å². The molecule has 0 radical (unpaired) electrons. The monoisotopic (exact) mass is 476 g/mol. The summed E-state index contributed by atoms with van der Waals surface area (Å²) in [4.78, 5) is 9.17. The zero-order valence-electron chi connectivity index (χ0n) is 15.4. The van der Waals surface area contributed by atoms with Gasteiger partial charge in [0, 0.05) is 26.2 Å². The van der Waals surface area contributed by atoms with Crippen LogP contribution in [0.4, 0.5) is 4.39 Å². The number of nitrogens with zero attached hydrogens (tertiary/aromatic N) is 3. The van der Waals surface area contributed by atoms with Crippen LogP contribution in [0.25, 0.3) is 0 Å². The average Bonchev–Trinajstić information content (AvgIpc) is 2.63. The molecular formula is C19H30FIN4O. The molecule has 7 heteroatoms. The Morgan fingerprint density at radius 3 is 2.81 bits per heavy atom. The van der Waals surface area contributed by atoms with Gasteiger partial charge in [0.15, 0.2) is 5.96 Å². The van der Waals surface area contributed by atoms with Gasteiger partial charge in [0.2, 0.25) is 0 Å². The Hall–Kier alpha value is -0.930. The smallest absolute Gasteiger partial charge is 0.191 e. The molecule has 26 heavy (non-hydrogen) atoms. The molecule has 0 aromatic heterocycles. The van der Waals surface area contributed by atoms with E-state index >= 15 is 0 Å². The van der Waals surface area contributed by atoms with Gasteiger partial charge in [0.25, 0.3) is 0 Å². The highest BCUT2D eigenvalue weighted by Gasteiger charge is 2.24. The lowest BCUT2D eigenvalue weighted by Crippen LogP contribution is -2.44.